The average molecular weight is 388 g/mol. The second-order valence-electron chi connectivity index (χ2n) is 6.06. The number of amides is 1. The van der Waals surface area contributed by atoms with Crippen molar-refractivity contribution in [3.63, 3.8) is 0 Å². The van der Waals surface area contributed by atoms with Crippen molar-refractivity contribution in [2.24, 2.45) is 0 Å². The van der Waals surface area contributed by atoms with Crippen molar-refractivity contribution >= 4 is 17.5 Å². The van der Waals surface area contributed by atoms with Crippen LogP contribution in [0.1, 0.15) is 18.1 Å². The number of carbonyl (C=O) groups is 1. The summed E-state index contributed by atoms with van der Waals surface area (Å²) in [4.78, 5) is 12.4. The van der Waals surface area contributed by atoms with E-state index in [1.54, 1.807) is 37.4 Å². The number of hydrogen-bond acceptors (Lipinski definition) is 4. The Balaban J connectivity index is 1.96. The van der Waals surface area contributed by atoms with E-state index in [2.05, 4.69) is 11.2 Å². The fraction of sp³-hybridized carbons (Fsp3) is 0.286. The Morgan fingerprint density at radius 3 is 2.59 bits per heavy atom. The summed E-state index contributed by atoms with van der Waals surface area (Å²) in [5.74, 6) is 3.06. The number of rotatable bonds is 8. The largest absolute Gasteiger partial charge is 0.493 e. The van der Waals surface area contributed by atoms with E-state index in [1.165, 1.54) is 6.92 Å². The van der Waals surface area contributed by atoms with Crippen molar-refractivity contribution in [3.8, 4) is 23.8 Å². The van der Waals surface area contributed by atoms with Crippen LogP contribution in [-0.2, 0) is 16.8 Å². The van der Waals surface area contributed by atoms with E-state index in [9.17, 15) is 9.90 Å². The van der Waals surface area contributed by atoms with Crippen LogP contribution in [0.15, 0.2) is 42.5 Å². The molecule has 0 bridgehead atoms. The van der Waals surface area contributed by atoms with Crippen LogP contribution in [0.5, 0.6) is 11.5 Å². The van der Waals surface area contributed by atoms with Gasteiger partial charge in [-0.15, -0.1) is 6.42 Å². The normalized spacial score (nSPS) is 12.6. The van der Waals surface area contributed by atoms with Crippen LogP contribution in [0.25, 0.3) is 0 Å². The predicted octanol–water partition coefficient (Wildman–Crippen LogP) is 2.93. The molecule has 142 valence electrons. The van der Waals surface area contributed by atoms with Crippen molar-refractivity contribution in [2.75, 3.05) is 20.3 Å². The first-order valence-corrected chi connectivity index (χ1v) is 8.76. The molecule has 5 nitrogen and oxygen atoms in total. The molecule has 0 aliphatic rings. The molecule has 1 unspecified atom stereocenters. The van der Waals surface area contributed by atoms with E-state index in [0.717, 1.165) is 5.56 Å². The van der Waals surface area contributed by atoms with Crippen LogP contribution in [0.4, 0.5) is 0 Å². The number of methoxy groups -OCH3 is 1. The highest BCUT2D eigenvalue weighted by molar-refractivity contribution is 6.30. The van der Waals surface area contributed by atoms with E-state index >= 15 is 0 Å². The maximum absolute atomic E-state index is 12.4. The summed E-state index contributed by atoms with van der Waals surface area (Å²) in [6, 6.07) is 12.0. The maximum atomic E-state index is 12.4. The second-order valence-corrected chi connectivity index (χ2v) is 6.50. The third-order valence-corrected chi connectivity index (χ3v) is 4.34. The second kappa shape index (κ2) is 9.31. The van der Waals surface area contributed by atoms with Gasteiger partial charge < -0.3 is 19.9 Å². The topological polar surface area (TPSA) is 67.8 Å². The van der Waals surface area contributed by atoms with Gasteiger partial charge in [0, 0.05) is 11.6 Å². The van der Waals surface area contributed by atoms with E-state index in [-0.39, 0.29) is 6.61 Å². The predicted molar refractivity (Wildman–Crippen MR) is 105 cm³/mol. The molecule has 0 saturated heterocycles. The van der Waals surface area contributed by atoms with E-state index in [4.69, 9.17) is 27.5 Å². The lowest BCUT2D eigenvalue weighted by molar-refractivity contribution is -0.138. The van der Waals surface area contributed by atoms with Gasteiger partial charge in [-0.1, -0.05) is 35.7 Å². The highest BCUT2D eigenvalue weighted by Gasteiger charge is 2.31. The van der Waals surface area contributed by atoms with E-state index in [1.807, 2.05) is 12.1 Å². The number of nitrogens with one attached hydrogen (secondary N) is 1. The Labute approximate surface area is 164 Å². The molecule has 1 atom stereocenters. The molecule has 2 rings (SSSR count). The molecule has 0 heterocycles. The van der Waals surface area contributed by atoms with Gasteiger partial charge in [-0.2, -0.15) is 0 Å². The lowest BCUT2D eigenvalue weighted by Crippen LogP contribution is -2.42. The monoisotopic (exact) mass is 387 g/mol. The smallest absolute Gasteiger partial charge is 0.256 e. The molecule has 1 amide bonds. The lowest BCUT2D eigenvalue weighted by Gasteiger charge is -2.23. The van der Waals surface area contributed by atoms with Crippen LogP contribution >= 0.6 is 11.6 Å². The summed E-state index contributed by atoms with van der Waals surface area (Å²) in [6.07, 6.45) is 5.76. The molecule has 2 N–H and O–H groups in total. The van der Waals surface area contributed by atoms with Gasteiger partial charge in [-0.05, 0) is 48.7 Å². The van der Waals surface area contributed by atoms with E-state index < -0.39 is 11.5 Å². The number of halogens is 1. The number of aliphatic hydroxyl groups is 1. The Morgan fingerprint density at radius 2 is 1.96 bits per heavy atom. The quantitative estimate of drug-likeness (QED) is 0.683. The summed E-state index contributed by atoms with van der Waals surface area (Å²) in [7, 11) is 1.55. The third kappa shape index (κ3) is 5.40. The number of terminal acetylenes is 1. The maximum Gasteiger partial charge on any atom is 0.256 e. The van der Waals surface area contributed by atoms with Gasteiger partial charge in [-0.25, -0.2) is 0 Å². The molecular weight excluding hydrogens is 366 g/mol. The highest BCUT2D eigenvalue weighted by Crippen LogP contribution is 2.28. The summed E-state index contributed by atoms with van der Waals surface area (Å²) in [6.45, 7) is 1.97. The number of hydrogen-bond donors (Lipinski definition) is 2. The molecule has 0 aromatic heterocycles. The Kier molecular flexibility index (Phi) is 7.12. The molecule has 27 heavy (non-hydrogen) atoms. The molecule has 2 aromatic rings. The van der Waals surface area contributed by atoms with Crippen LogP contribution in [0.3, 0.4) is 0 Å². The molecule has 0 aliphatic heterocycles. The highest BCUT2D eigenvalue weighted by atomic mass is 35.5. The molecule has 0 aliphatic carbocycles. The van der Waals surface area contributed by atoms with Gasteiger partial charge >= 0.3 is 0 Å². The fourth-order valence-corrected chi connectivity index (χ4v) is 2.63. The Morgan fingerprint density at radius 1 is 1.26 bits per heavy atom. The van der Waals surface area contributed by atoms with Gasteiger partial charge in [0.2, 0.25) is 0 Å². The average Bonchev–Trinajstić information content (AvgIpc) is 2.67. The van der Waals surface area contributed by atoms with Crippen molar-refractivity contribution < 1.29 is 19.4 Å². The fourth-order valence-electron chi connectivity index (χ4n) is 2.50. The minimum absolute atomic E-state index is 0.158. The van der Waals surface area contributed by atoms with Crippen molar-refractivity contribution in [3.05, 3.63) is 58.6 Å². The molecule has 0 saturated carbocycles. The third-order valence-electron chi connectivity index (χ3n) is 4.09. The zero-order chi connectivity index (χ0) is 19.9. The molecule has 6 heteroatoms. The van der Waals surface area contributed by atoms with Crippen LogP contribution < -0.4 is 14.8 Å². The van der Waals surface area contributed by atoms with Gasteiger partial charge in [0.25, 0.3) is 5.91 Å². The van der Waals surface area contributed by atoms with Crippen molar-refractivity contribution in [1.29, 1.82) is 0 Å². The van der Waals surface area contributed by atoms with Crippen molar-refractivity contribution in [2.45, 2.75) is 18.9 Å². The van der Waals surface area contributed by atoms with Crippen LogP contribution in [-0.4, -0.2) is 31.3 Å². The first-order chi connectivity index (χ1) is 12.9. The summed E-state index contributed by atoms with van der Waals surface area (Å²) >= 11 is 5.85. The summed E-state index contributed by atoms with van der Waals surface area (Å²) in [5.41, 5.74) is -0.220. The summed E-state index contributed by atoms with van der Waals surface area (Å²) < 4.78 is 10.7. The minimum Gasteiger partial charge on any atom is -0.493 e. The van der Waals surface area contributed by atoms with Gasteiger partial charge in [0.1, 0.15) is 6.61 Å². The minimum atomic E-state index is -1.64. The standard InChI is InChI=1S/C21H22ClNO4/c1-4-13-27-18-10-5-15(14-19(18)26-3)11-12-23-20(24)21(2,25)16-6-8-17(22)9-7-16/h1,5-10,14,25H,11-13H2,2-3H3,(H,23,24). The number of carbonyl (C=O) groups excluding carboxylic acids is 1. The van der Waals surface area contributed by atoms with Gasteiger partial charge in [0.05, 0.1) is 7.11 Å². The molecule has 2 aromatic carbocycles. The summed E-state index contributed by atoms with van der Waals surface area (Å²) in [5, 5.41) is 13.8. The van der Waals surface area contributed by atoms with E-state index in [0.29, 0.717) is 35.1 Å². The molecule has 0 fully saturated rings. The van der Waals surface area contributed by atoms with Crippen LogP contribution in [0.2, 0.25) is 5.02 Å². The molecule has 0 spiro atoms. The first-order valence-electron chi connectivity index (χ1n) is 8.38. The van der Waals surface area contributed by atoms with Crippen LogP contribution in [0, 0.1) is 12.3 Å². The number of benzene rings is 2. The first kappa shape index (κ1) is 20.6. The van der Waals surface area contributed by atoms with Gasteiger partial charge in [0.15, 0.2) is 17.1 Å². The Hall–Kier alpha value is -2.68. The van der Waals surface area contributed by atoms with Crippen molar-refractivity contribution in [1.82, 2.24) is 5.32 Å². The van der Waals surface area contributed by atoms with Gasteiger partial charge in [-0.3, -0.25) is 4.79 Å². The number of ether oxygens (including phenoxy) is 2. The Bertz CT molecular complexity index is 825. The zero-order valence-electron chi connectivity index (χ0n) is 15.3. The zero-order valence-corrected chi connectivity index (χ0v) is 16.0. The molecular formula is C21H22ClNO4. The lowest BCUT2D eigenvalue weighted by atomic mass is 9.95. The SMILES string of the molecule is C#CCOc1ccc(CCNC(=O)C(C)(O)c2ccc(Cl)cc2)cc1OC. The molecule has 0 radical (unpaired) electrons.